The van der Waals surface area contributed by atoms with Gasteiger partial charge in [-0.05, 0) is 42.6 Å². The van der Waals surface area contributed by atoms with Crippen LogP contribution in [0.1, 0.15) is 22.2 Å². The first-order chi connectivity index (χ1) is 14.3. The highest BCUT2D eigenvalue weighted by Crippen LogP contribution is 2.32. The molecule has 3 amide bonds. The van der Waals surface area contributed by atoms with Crippen molar-refractivity contribution in [1.82, 2.24) is 10.3 Å². The van der Waals surface area contributed by atoms with Crippen LogP contribution in [0.5, 0.6) is 5.75 Å². The SMILES string of the molecule is Cc1sc(NC(=O)CC(NC(N)=O)c2cccs2)nc1-c1ccc(OC(F)F)cc1. The van der Waals surface area contributed by atoms with Crippen LogP contribution in [-0.2, 0) is 4.79 Å². The molecular weight excluding hydrogens is 434 g/mol. The lowest BCUT2D eigenvalue weighted by Crippen LogP contribution is -2.34. The Kier molecular flexibility index (Phi) is 6.95. The van der Waals surface area contributed by atoms with E-state index in [1.165, 1.54) is 34.8 Å². The second-order valence-electron chi connectivity index (χ2n) is 6.16. The van der Waals surface area contributed by atoms with Gasteiger partial charge >= 0.3 is 12.6 Å². The van der Waals surface area contributed by atoms with Gasteiger partial charge in [-0.25, -0.2) is 9.78 Å². The summed E-state index contributed by atoms with van der Waals surface area (Å²) in [5.41, 5.74) is 6.55. The molecule has 30 heavy (non-hydrogen) atoms. The first kappa shape index (κ1) is 21.7. The highest BCUT2D eigenvalue weighted by Gasteiger charge is 2.20. The molecule has 4 N–H and O–H groups in total. The van der Waals surface area contributed by atoms with E-state index in [2.05, 4.69) is 20.4 Å². The Hall–Kier alpha value is -3.05. The number of urea groups is 1. The number of anilines is 1. The molecule has 0 bridgehead atoms. The minimum Gasteiger partial charge on any atom is -0.435 e. The maximum absolute atomic E-state index is 12.5. The molecule has 0 aliphatic carbocycles. The van der Waals surface area contributed by atoms with Crippen LogP contribution in [0.15, 0.2) is 41.8 Å². The van der Waals surface area contributed by atoms with E-state index in [-0.39, 0.29) is 18.1 Å². The number of hydrogen-bond acceptors (Lipinski definition) is 6. The topological polar surface area (TPSA) is 106 Å². The van der Waals surface area contributed by atoms with Crippen LogP contribution in [0.4, 0.5) is 18.7 Å². The number of hydrogen-bond donors (Lipinski definition) is 3. The zero-order valence-electron chi connectivity index (χ0n) is 15.7. The summed E-state index contributed by atoms with van der Waals surface area (Å²) in [5.74, 6) is -0.278. The number of alkyl halides is 2. The number of aryl methyl sites for hydroxylation is 1. The molecule has 1 unspecified atom stereocenters. The predicted octanol–water partition coefficient (Wildman–Crippen LogP) is 4.52. The van der Waals surface area contributed by atoms with Crippen LogP contribution in [0, 0.1) is 6.92 Å². The number of benzene rings is 1. The lowest BCUT2D eigenvalue weighted by molar-refractivity contribution is -0.116. The van der Waals surface area contributed by atoms with Gasteiger partial charge in [0.2, 0.25) is 5.91 Å². The van der Waals surface area contributed by atoms with Crippen molar-refractivity contribution in [2.45, 2.75) is 26.0 Å². The highest BCUT2D eigenvalue weighted by molar-refractivity contribution is 7.16. The van der Waals surface area contributed by atoms with Gasteiger partial charge in [-0.15, -0.1) is 22.7 Å². The quantitative estimate of drug-likeness (QED) is 0.467. The molecule has 3 aromatic rings. The molecule has 0 radical (unpaired) electrons. The van der Waals surface area contributed by atoms with Crippen LogP contribution >= 0.6 is 22.7 Å². The van der Waals surface area contributed by atoms with Crippen molar-refractivity contribution in [2.75, 3.05) is 5.32 Å². The van der Waals surface area contributed by atoms with Crippen molar-refractivity contribution < 1.29 is 23.1 Å². The van der Waals surface area contributed by atoms with Gasteiger partial charge in [-0.3, -0.25) is 4.79 Å². The Labute approximate surface area is 178 Å². The van der Waals surface area contributed by atoms with Crippen LogP contribution in [0.25, 0.3) is 11.3 Å². The zero-order valence-corrected chi connectivity index (χ0v) is 17.4. The van der Waals surface area contributed by atoms with Crippen molar-refractivity contribution in [2.24, 2.45) is 5.73 Å². The van der Waals surface area contributed by atoms with Crippen molar-refractivity contribution in [3.05, 3.63) is 51.5 Å². The van der Waals surface area contributed by atoms with Crippen LogP contribution in [0.2, 0.25) is 0 Å². The third-order valence-corrected chi connectivity index (χ3v) is 5.86. The Morgan fingerprint density at radius 2 is 1.97 bits per heavy atom. The number of rotatable bonds is 8. The van der Waals surface area contributed by atoms with Crippen molar-refractivity contribution >= 4 is 39.7 Å². The number of halogens is 2. The molecular formula is C19H18F2N4O3S2. The second-order valence-corrected chi connectivity index (χ2v) is 8.34. The van der Waals surface area contributed by atoms with Gasteiger partial charge in [0, 0.05) is 15.3 Å². The first-order valence-corrected chi connectivity index (χ1v) is 10.4. The summed E-state index contributed by atoms with van der Waals surface area (Å²) >= 11 is 2.70. The molecule has 2 aromatic heterocycles. The van der Waals surface area contributed by atoms with Crippen LogP contribution in [-0.4, -0.2) is 23.5 Å². The number of carbonyl (C=O) groups is 2. The minimum absolute atomic E-state index is 0.00290. The molecule has 0 fully saturated rings. The fraction of sp³-hybridized carbons (Fsp3) is 0.211. The number of nitrogens with zero attached hydrogens (tertiary/aromatic N) is 1. The summed E-state index contributed by atoms with van der Waals surface area (Å²) in [7, 11) is 0. The van der Waals surface area contributed by atoms with Gasteiger partial charge in [-0.1, -0.05) is 6.07 Å². The number of amides is 3. The maximum atomic E-state index is 12.5. The number of nitrogens with one attached hydrogen (secondary N) is 2. The van der Waals surface area contributed by atoms with Crippen LogP contribution < -0.4 is 21.1 Å². The molecule has 0 spiro atoms. The summed E-state index contributed by atoms with van der Waals surface area (Å²) in [6, 6.07) is 8.48. The minimum atomic E-state index is -2.89. The number of thiazole rings is 1. The molecule has 0 saturated heterocycles. The van der Waals surface area contributed by atoms with Gasteiger partial charge in [0.15, 0.2) is 5.13 Å². The fourth-order valence-corrected chi connectivity index (χ4v) is 4.38. The standard InChI is InChI=1S/C19H18F2N4O3S2/c1-10-16(11-4-6-12(7-5-11)28-17(20)21)25-19(30-10)24-15(26)9-13(23-18(22)27)14-3-2-8-29-14/h2-8,13,17H,9H2,1H3,(H3,22,23,27)(H,24,25,26). The number of primary amides is 1. The van der Waals surface area contributed by atoms with E-state index in [0.717, 1.165) is 9.75 Å². The number of aromatic nitrogens is 1. The monoisotopic (exact) mass is 452 g/mol. The summed E-state index contributed by atoms with van der Waals surface area (Å²) in [4.78, 5) is 29.8. The van der Waals surface area contributed by atoms with E-state index in [1.807, 2.05) is 24.4 Å². The van der Waals surface area contributed by atoms with E-state index in [9.17, 15) is 18.4 Å². The van der Waals surface area contributed by atoms with E-state index >= 15 is 0 Å². The van der Waals surface area contributed by atoms with E-state index in [0.29, 0.717) is 16.4 Å². The number of nitrogens with two attached hydrogens (primary N) is 1. The molecule has 0 saturated carbocycles. The van der Waals surface area contributed by atoms with Gasteiger partial charge in [0.25, 0.3) is 0 Å². The van der Waals surface area contributed by atoms with E-state index in [4.69, 9.17) is 5.73 Å². The third-order valence-electron chi connectivity index (χ3n) is 3.99. The average molecular weight is 453 g/mol. The average Bonchev–Trinajstić information content (AvgIpc) is 3.31. The molecule has 158 valence electrons. The Balaban J connectivity index is 1.68. The molecule has 0 aliphatic rings. The lowest BCUT2D eigenvalue weighted by atomic mass is 10.1. The van der Waals surface area contributed by atoms with Crippen LogP contribution in [0.3, 0.4) is 0 Å². The fourth-order valence-electron chi connectivity index (χ4n) is 2.75. The van der Waals surface area contributed by atoms with Crippen molar-refractivity contribution in [1.29, 1.82) is 0 Å². The molecule has 7 nitrogen and oxygen atoms in total. The smallest absolute Gasteiger partial charge is 0.387 e. The summed E-state index contributed by atoms with van der Waals surface area (Å²) in [5, 5.41) is 7.54. The molecule has 1 atom stereocenters. The lowest BCUT2D eigenvalue weighted by Gasteiger charge is -2.15. The zero-order chi connectivity index (χ0) is 21.7. The Morgan fingerprint density at radius 1 is 1.23 bits per heavy atom. The Bertz CT molecular complexity index is 1010. The maximum Gasteiger partial charge on any atom is 0.387 e. The second kappa shape index (κ2) is 9.63. The Morgan fingerprint density at radius 3 is 2.57 bits per heavy atom. The van der Waals surface area contributed by atoms with E-state index in [1.54, 1.807) is 12.1 Å². The first-order valence-electron chi connectivity index (χ1n) is 8.73. The van der Waals surface area contributed by atoms with Gasteiger partial charge < -0.3 is 21.1 Å². The largest absolute Gasteiger partial charge is 0.435 e. The van der Waals surface area contributed by atoms with Gasteiger partial charge in [0.1, 0.15) is 5.75 Å². The summed E-state index contributed by atoms with van der Waals surface area (Å²) < 4.78 is 28.9. The molecule has 1 aromatic carbocycles. The normalized spacial score (nSPS) is 11.9. The summed E-state index contributed by atoms with van der Waals surface area (Å²) in [6.07, 6.45) is -0.00290. The summed E-state index contributed by atoms with van der Waals surface area (Å²) in [6.45, 7) is -1.05. The number of thiophene rings is 1. The predicted molar refractivity (Wildman–Crippen MR) is 112 cm³/mol. The van der Waals surface area contributed by atoms with Gasteiger partial charge in [0.05, 0.1) is 18.2 Å². The third kappa shape index (κ3) is 5.74. The molecule has 2 heterocycles. The molecule has 11 heteroatoms. The molecule has 3 rings (SSSR count). The van der Waals surface area contributed by atoms with E-state index < -0.39 is 18.7 Å². The molecule has 0 aliphatic heterocycles. The highest BCUT2D eigenvalue weighted by atomic mass is 32.1. The number of carbonyl (C=O) groups excluding carboxylic acids is 2. The number of ether oxygens (including phenoxy) is 1. The van der Waals surface area contributed by atoms with Crippen molar-refractivity contribution in [3.63, 3.8) is 0 Å². The van der Waals surface area contributed by atoms with Crippen molar-refractivity contribution in [3.8, 4) is 17.0 Å². The van der Waals surface area contributed by atoms with Gasteiger partial charge in [-0.2, -0.15) is 8.78 Å².